The number of hydrogen-bond acceptors (Lipinski definition) is 6. The number of rotatable bonds is 10. The van der Waals surface area contributed by atoms with Gasteiger partial charge in [-0.3, -0.25) is 9.69 Å². The molecule has 2 aromatic carbocycles. The van der Waals surface area contributed by atoms with E-state index < -0.39 is 35.7 Å². The zero-order chi connectivity index (χ0) is 26.8. The van der Waals surface area contributed by atoms with Crippen LogP contribution >= 0.6 is 0 Å². The third-order valence-corrected chi connectivity index (χ3v) is 5.74. The third kappa shape index (κ3) is 8.66. The van der Waals surface area contributed by atoms with Gasteiger partial charge in [0, 0.05) is 13.0 Å². The Hall–Kier alpha value is -3.81. The molecule has 0 radical (unpaired) electrons. The third-order valence-electron chi connectivity index (χ3n) is 5.74. The molecule has 1 fully saturated rings. The van der Waals surface area contributed by atoms with Crippen LogP contribution in [0.2, 0.25) is 0 Å². The van der Waals surface area contributed by atoms with E-state index in [1.54, 1.807) is 39.0 Å². The molecule has 1 aliphatic heterocycles. The fourth-order valence-corrected chi connectivity index (χ4v) is 3.98. The number of carbonyl (C=O) groups is 3. The van der Waals surface area contributed by atoms with Gasteiger partial charge in [-0.05, 0) is 56.9 Å². The van der Waals surface area contributed by atoms with E-state index in [4.69, 9.17) is 14.2 Å². The topological polar surface area (TPSA) is 94.2 Å². The highest BCUT2D eigenvalue weighted by molar-refractivity contribution is 5.90. The van der Waals surface area contributed by atoms with Crippen molar-refractivity contribution in [2.75, 3.05) is 13.2 Å². The molecular weight excluding hydrogens is 472 g/mol. The zero-order valence-electron chi connectivity index (χ0n) is 21.8. The Labute approximate surface area is 218 Å². The van der Waals surface area contributed by atoms with Crippen LogP contribution in [0.5, 0.6) is 5.75 Å². The van der Waals surface area contributed by atoms with Crippen LogP contribution in [0.1, 0.15) is 44.7 Å². The van der Waals surface area contributed by atoms with Gasteiger partial charge in [0.25, 0.3) is 0 Å². The Morgan fingerprint density at radius 2 is 1.78 bits per heavy atom. The molecule has 3 rings (SSSR count). The van der Waals surface area contributed by atoms with E-state index in [1.165, 1.54) is 4.90 Å². The average Bonchev–Trinajstić information content (AvgIpc) is 3.37. The summed E-state index contributed by atoms with van der Waals surface area (Å²) in [6, 6.07) is 15.0. The lowest BCUT2D eigenvalue weighted by Crippen LogP contribution is -2.52. The monoisotopic (exact) mass is 508 g/mol. The molecule has 0 aromatic heterocycles. The zero-order valence-corrected chi connectivity index (χ0v) is 21.8. The molecule has 8 nitrogen and oxygen atoms in total. The molecule has 2 atom stereocenters. The van der Waals surface area contributed by atoms with Crippen molar-refractivity contribution in [3.05, 3.63) is 78.4 Å². The molecule has 1 heterocycles. The van der Waals surface area contributed by atoms with Gasteiger partial charge < -0.3 is 19.5 Å². The molecule has 0 saturated carbocycles. The standard InChI is InChI=1S/C29H36N2O6/c1-5-18-35-23-15-13-21(14-16-23)19-24(27(33)36-20-22-10-7-6-8-11-22)30-26(32)25-12-9-17-31(25)28(34)37-29(2,3)4/h5-8,10-11,13-16,24-25H,1,9,12,17-20H2,2-4H3,(H,30,32)/t24-,25-/m0/s1. The highest BCUT2D eigenvalue weighted by atomic mass is 16.6. The number of esters is 1. The van der Waals surface area contributed by atoms with Crippen molar-refractivity contribution in [3.8, 4) is 5.75 Å². The molecule has 1 saturated heterocycles. The van der Waals surface area contributed by atoms with E-state index in [-0.39, 0.29) is 13.0 Å². The first kappa shape index (κ1) is 27.8. The van der Waals surface area contributed by atoms with E-state index in [9.17, 15) is 14.4 Å². The quantitative estimate of drug-likeness (QED) is 0.377. The maximum Gasteiger partial charge on any atom is 0.410 e. The van der Waals surface area contributed by atoms with Crippen LogP contribution in [0.15, 0.2) is 67.3 Å². The molecule has 198 valence electrons. The molecule has 2 amide bonds. The summed E-state index contributed by atoms with van der Waals surface area (Å²) >= 11 is 0. The second-order valence-corrected chi connectivity index (χ2v) is 9.93. The van der Waals surface area contributed by atoms with Crippen LogP contribution in [-0.4, -0.2) is 53.7 Å². The Balaban J connectivity index is 1.72. The van der Waals surface area contributed by atoms with Crippen molar-refractivity contribution >= 4 is 18.0 Å². The maximum absolute atomic E-state index is 13.3. The van der Waals surface area contributed by atoms with Gasteiger partial charge in [0.15, 0.2) is 0 Å². The number of amides is 2. The first-order valence-electron chi connectivity index (χ1n) is 12.5. The van der Waals surface area contributed by atoms with Gasteiger partial charge in [-0.1, -0.05) is 55.1 Å². The molecule has 1 N–H and O–H groups in total. The molecule has 0 bridgehead atoms. The lowest BCUT2D eigenvalue weighted by Gasteiger charge is -2.29. The molecule has 2 aromatic rings. The highest BCUT2D eigenvalue weighted by Gasteiger charge is 2.38. The Morgan fingerprint density at radius 3 is 2.43 bits per heavy atom. The predicted octanol–water partition coefficient (Wildman–Crippen LogP) is 4.42. The summed E-state index contributed by atoms with van der Waals surface area (Å²) < 4.78 is 16.5. The number of benzene rings is 2. The van der Waals surface area contributed by atoms with Crippen LogP contribution in [0.3, 0.4) is 0 Å². The Bertz CT molecular complexity index is 1060. The SMILES string of the molecule is C=CCOc1ccc(C[C@H](NC(=O)[C@@H]2CCCN2C(=O)OC(C)(C)C)C(=O)OCc2ccccc2)cc1. The smallest absolute Gasteiger partial charge is 0.410 e. The van der Waals surface area contributed by atoms with Gasteiger partial charge in [-0.15, -0.1) is 0 Å². The normalized spacial score (nSPS) is 16.0. The number of likely N-dealkylation sites (tertiary alicyclic amines) is 1. The fraction of sp³-hybridized carbons (Fsp3) is 0.414. The largest absolute Gasteiger partial charge is 0.490 e. The van der Waals surface area contributed by atoms with Crippen LogP contribution in [0.25, 0.3) is 0 Å². The van der Waals surface area contributed by atoms with E-state index in [0.29, 0.717) is 31.7 Å². The lowest BCUT2D eigenvalue weighted by atomic mass is 10.0. The highest BCUT2D eigenvalue weighted by Crippen LogP contribution is 2.22. The molecule has 0 aliphatic carbocycles. The Morgan fingerprint density at radius 1 is 1.08 bits per heavy atom. The van der Waals surface area contributed by atoms with Gasteiger partial charge in [0.1, 0.15) is 36.6 Å². The summed E-state index contributed by atoms with van der Waals surface area (Å²) in [5.41, 5.74) is 0.992. The minimum absolute atomic E-state index is 0.0911. The van der Waals surface area contributed by atoms with Crippen molar-refractivity contribution in [1.82, 2.24) is 10.2 Å². The van der Waals surface area contributed by atoms with E-state index >= 15 is 0 Å². The lowest BCUT2D eigenvalue weighted by molar-refractivity contribution is -0.149. The van der Waals surface area contributed by atoms with Crippen molar-refractivity contribution in [1.29, 1.82) is 0 Å². The fourth-order valence-electron chi connectivity index (χ4n) is 3.98. The summed E-state index contributed by atoms with van der Waals surface area (Å²) in [5.74, 6) is -0.281. The second-order valence-electron chi connectivity index (χ2n) is 9.93. The predicted molar refractivity (Wildman–Crippen MR) is 140 cm³/mol. The minimum atomic E-state index is -0.933. The Kier molecular flexibility index (Phi) is 9.71. The molecular formula is C29H36N2O6. The molecule has 0 unspecified atom stereocenters. The van der Waals surface area contributed by atoms with Crippen LogP contribution in [-0.2, 0) is 32.1 Å². The van der Waals surface area contributed by atoms with Crippen LogP contribution in [0.4, 0.5) is 4.79 Å². The van der Waals surface area contributed by atoms with Crippen molar-refractivity contribution in [3.63, 3.8) is 0 Å². The van der Waals surface area contributed by atoms with Gasteiger partial charge >= 0.3 is 12.1 Å². The first-order chi connectivity index (χ1) is 17.7. The molecule has 1 aliphatic rings. The van der Waals surface area contributed by atoms with Crippen LogP contribution in [0, 0.1) is 0 Å². The van der Waals surface area contributed by atoms with E-state index in [0.717, 1.165) is 11.1 Å². The number of nitrogens with zero attached hydrogens (tertiary/aromatic N) is 1. The van der Waals surface area contributed by atoms with Crippen LogP contribution < -0.4 is 10.1 Å². The minimum Gasteiger partial charge on any atom is -0.490 e. The van der Waals surface area contributed by atoms with E-state index in [1.807, 2.05) is 42.5 Å². The molecule has 0 spiro atoms. The molecule has 8 heteroatoms. The van der Waals surface area contributed by atoms with Crippen molar-refractivity contribution in [2.24, 2.45) is 0 Å². The van der Waals surface area contributed by atoms with Crippen molar-refractivity contribution < 1.29 is 28.6 Å². The van der Waals surface area contributed by atoms with Gasteiger partial charge in [0.2, 0.25) is 5.91 Å². The summed E-state index contributed by atoms with van der Waals surface area (Å²) in [7, 11) is 0. The first-order valence-corrected chi connectivity index (χ1v) is 12.5. The summed E-state index contributed by atoms with van der Waals surface area (Å²) in [5, 5.41) is 2.83. The summed E-state index contributed by atoms with van der Waals surface area (Å²) in [6.45, 7) is 9.88. The second kappa shape index (κ2) is 12.9. The summed E-state index contributed by atoms with van der Waals surface area (Å²) in [6.07, 6.45) is 2.51. The van der Waals surface area contributed by atoms with Crippen molar-refractivity contribution in [2.45, 2.75) is 64.3 Å². The maximum atomic E-state index is 13.3. The summed E-state index contributed by atoms with van der Waals surface area (Å²) in [4.78, 5) is 40.5. The van der Waals surface area contributed by atoms with Gasteiger partial charge in [-0.2, -0.15) is 0 Å². The number of ether oxygens (including phenoxy) is 3. The van der Waals surface area contributed by atoms with E-state index in [2.05, 4.69) is 11.9 Å². The average molecular weight is 509 g/mol. The number of carbonyl (C=O) groups excluding carboxylic acids is 3. The molecule has 37 heavy (non-hydrogen) atoms. The van der Waals surface area contributed by atoms with Gasteiger partial charge in [0.05, 0.1) is 0 Å². The number of nitrogens with one attached hydrogen (secondary N) is 1. The number of hydrogen-bond donors (Lipinski definition) is 1. The van der Waals surface area contributed by atoms with Gasteiger partial charge in [-0.25, -0.2) is 9.59 Å².